The first-order valence-corrected chi connectivity index (χ1v) is 10.3. The van der Waals surface area contributed by atoms with E-state index in [9.17, 15) is 14.3 Å². The van der Waals surface area contributed by atoms with Gasteiger partial charge in [0.2, 0.25) is 0 Å². The molecule has 4 rings (SSSR count). The van der Waals surface area contributed by atoms with Crippen LogP contribution in [0.5, 0.6) is 5.75 Å². The van der Waals surface area contributed by atoms with Gasteiger partial charge in [-0.15, -0.1) is 0 Å². The number of rotatable bonds is 7. The van der Waals surface area contributed by atoms with E-state index in [-0.39, 0.29) is 23.9 Å². The van der Waals surface area contributed by atoms with E-state index in [1.807, 2.05) is 12.1 Å². The second-order valence-corrected chi connectivity index (χ2v) is 8.00. The summed E-state index contributed by atoms with van der Waals surface area (Å²) in [6, 6.07) is 10.4. The van der Waals surface area contributed by atoms with E-state index in [0.717, 1.165) is 28.4 Å². The molecule has 0 aliphatic heterocycles. The van der Waals surface area contributed by atoms with Crippen LogP contribution in [0, 0.1) is 5.82 Å². The minimum absolute atomic E-state index is 0.00594. The molecule has 3 heterocycles. The topological polar surface area (TPSA) is 68.0 Å². The summed E-state index contributed by atoms with van der Waals surface area (Å²) in [5.74, 6) is -0.177. The predicted octanol–water partition coefficient (Wildman–Crippen LogP) is 5.26. The Morgan fingerprint density at radius 2 is 1.90 bits per heavy atom. The first-order valence-electron chi connectivity index (χ1n) is 10.3. The van der Waals surface area contributed by atoms with E-state index in [0.29, 0.717) is 24.1 Å². The highest BCUT2D eigenvalue weighted by molar-refractivity contribution is 6.10. The second-order valence-electron chi connectivity index (χ2n) is 8.00. The number of nitrogens with zero attached hydrogens (tertiary/aromatic N) is 3. The number of Topliss-reactive ketones (excluding diaryl/α,β-unsaturated/α-hetero) is 1. The average molecular weight is 417 g/mol. The van der Waals surface area contributed by atoms with Gasteiger partial charge in [0.15, 0.2) is 5.78 Å². The second kappa shape index (κ2) is 8.68. The first-order chi connectivity index (χ1) is 14.9. The highest BCUT2D eigenvalue weighted by Gasteiger charge is 2.24. The maximum atomic E-state index is 13.5. The molecule has 0 aliphatic rings. The quantitative estimate of drug-likeness (QED) is 0.416. The average Bonchev–Trinajstić information content (AvgIpc) is 3.06. The lowest BCUT2D eigenvalue weighted by Gasteiger charge is -2.15. The van der Waals surface area contributed by atoms with Crippen LogP contribution in [0.15, 0.2) is 61.2 Å². The number of fused-ring (bicyclic) bond motifs is 1. The molecule has 0 spiro atoms. The summed E-state index contributed by atoms with van der Waals surface area (Å²) in [5.41, 5.74) is 4.10. The summed E-state index contributed by atoms with van der Waals surface area (Å²) in [4.78, 5) is 21.5. The number of carbonyl (C=O) groups excluding carboxylic acids is 1. The van der Waals surface area contributed by atoms with E-state index in [1.54, 1.807) is 36.8 Å². The van der Waals surface area contributed by atoms with Crippen molar-refractivity contribution in [1.29, 1.82) is 0 Å². The van der Waals surface area contributed by atoms with Gasteiger partial charge in [0.05, 0.1) is 11.7 Å². The van der Waals surface area contributed by atoms with Crippen LogP contribution < -0.4 is 0 Å². The Hall–Kier alpha value is -3.54. The monoisotopic (exact) mass is 417 g/mol. The van der Waals surface area contributed by atoms with Gasteiger partial charge in [-0.1, -0.05) is 19.9 Å². The molecule has 0 bridgehead atoms. The van der Waals surface area contributed by atoms with E-state index in [4.69, 9.17) is 0 Å². The zero-order valence-corrected chi connectivity index (χ0v) is 17.5. The summed E-state index contributed by atoms with van der Waals surface area (Å²) in [6.07, 6.45) is 6.93. The van der Waals surface area contributed by atoms with Crippen molar-refractivity contribution in [3.8, 4) is 5.75 Å². The number of halogens is 1. The van der Waals surface area contributed by atoms with Gasteiger partial charge in [-0.3, -0.25) is 14.8 Å². The number of aromatic hydroxyl groups is 1. The summed E-state index contributed by atoms with van der Waals surface area (Å²) >= 11 is 0. The molecule has 158 valence electrons. The summed E-state index contributed by atoms with van der Waals surface area (Å²) < 4.78 is 15.6. The molecule has 1 aromatic carbocycles. The lowest BCUT2D eigenvalue weighted by molar-refractivity contribution is 0.0982. The minimum atomic E-state index is -0.406. The molecule has 0 unspecified atom stereocenters. The third kappa shape index (κ3) is 4.33. The maximum absolute atomic E-state index is 13.5. The van der Waals surface area contributed by atoms with Crippen LogP contribution in [0.25, 0.3) is 10.9 Å². The van der Waals surface area contributed by atoms with Gasteiger partial charge in [0, 0.05) is 54.3 Å². The highest BCUT2D eigenvalue weighted by atomic mass is 19.1. The van der Waals surface area contributed by atoms with Crippen LogP contribution in [0.4, 0.5) is 4.39 Å². The van der Waals surface area contributed by atoms with Crippen molar-refractivity contribution in [3.63, 3.8) is 0 Å². The number of phenolic OH excluding ortho intramolecular Hbond substituents is 1. The van der Waals surface area contributed by atoms with Gasteiger partial charge in [-0.2, -0.15) is 0 Å². The van der Waals surface area contributed by atoms with Crippen molar-refractivity contribution < 1.29 is 14.3 Å². The van der Waals surface area contributed by atoms with Crippen molar-refractivity contribution >= 4 is 16.7 Å². The Morgan fingerprint density at radius 1 is 1.10 bits per heavy atom. The zero-order chi connectivity index (χ0) is 22.0. The number of pyridine rings is 2. The Morgan fingerprint density at radius 3 is 2.61 bits per heavy atom. The number of hydrogen-bond donors (Lipinski definition) is 1. The zero-order valence-electron chi connectivity index (χ0n) is 17.5. The number of benzene rings is 1. The summed E-state index contributed by atoms with van der Waals surface area (Å²) in [6.45, 7) is 4.66. The van der Waals surface area contributed by atoms with E-state index in [1.165, 1.54) is 6.07 Å². The van der Waals surface area contributed by atoms with Crippen molar-refractivity contribution in [3.05, 3.63) is 89.4 Å². The Balaban J connectivity index is 1.78. The molecule has 0 fully saturated rings. The normalized spacial score (nSPS) is 11.4. The molecule has 6 heteroatoms. The smallest absolute Gasteiger partial charge is 0.165 e. The van der Waals surface area contributed by atoms with Crippen molar-refractivity contribution in [2.75, 3.05) is 0 Å². The van der Waals surface area contributed by atoms with Crippen molar-refractivity contribution in [2.45, 2.75) is 39.2 Å². The van der Waals surface area contributed by atoms with Crippen LogP contribution in [-0.2, 0) is 13.0 Å². The molecule has 0 atom stereocenters. The number of ketones is 1. The predicted molar refractivity (Wildman–Crippen MR) is 118 cm³/mol. The van der Waals surface area contributed by atoms with Crippen LogP contribution in [0.1, 0.15) is 53.4 Å². The number of hydrogen-bond acceptors (Lipinski definition) is 4. The Labute approximate surface area is 180 Å². The van der Waals surface area contributed by atoms with Gasteiger partial charge in [0.1, 0.15) is 11.6 Å². The molecule has 1 N–H and O–H groups in total. The Kier molecular flexibility index (Phi) is 5.80. The lowest BCUT2D eigenvalue weighted by atomic mass is 9.96. The first kappa shape index (κ1) is 20.7. The fourth-order valence-electron chi connectivity index (χ4n) is 4.07. The molecule has 0 saturated heterocycles. The molecule has 0 radical (unpaired) electrons. The highest BCUT2D eigenvalue weighted by Crippen LogP contribution is 2.35. The third-order valence-corrected chi connectivity index (χ3v) is 5.38. The standard InChI is InChI=1S/C25H24FN3O2/c1-16(2)25-24(23(31)8-5-17-10-19(26)14-28-12-17)21-7-6-20(30)11-22(21)29(25)15-18-4-3-9-27-13-18/h3-4,6-7,9-14,16,30H,5,8,15H2,1-2H3. The lowest BCUT2D eigenvalue weighted by Crippen LogP contribution is -2.11. The van der Waals surface area contributed by atoms with Gasteiger partial charge < -0.3 is 9.67 Å². The van der Waals surface area contributed by atoms with E-state index >= 15 is 0 Å². The van der Waals surface area contributed by atoms with E-state index < -0.39 is 5.82 Å². The number of aryl methyl sites for hydroxylation is 1. The fourth-order valence-corrected chi connectivity index (χ4v) is 4.07. The van der Waals surface area contributed by atoms with Gasteiger partial charge >= 0.3 is 0 Å². The largest absolute Gasteiger partial charge is 0.508 e. The fraction of sp³-hybridized carbons (Fsp3) is 0.240. The molecule has 5 nitrogen and oxygen atoms in total. The van der Waals surface area contributed by atoms with Gasteiger partial charge in [0.25, 0.3) is 0 Å². The number of carbonyl (C=O) groups is 1. The molecular formula is C25H24FN3O2. The Bertz CT molecular complexity index is 1230. The molecule has 0 aliphatic carbocycles. The van der Waals surface area contributed by atoms with Gasteiger partial charge in [-0.05, 0) is 47.7 Å². The summed E-state index contributed by atoms with van der Waals surface area (Å²) in [7, 11) is 0. The summed E-state index contributed by atoms with van der Waals surface area (Å²) in [5, 5.41) is 10.9. The molecule has 31 heavy (non-hydrogen) atoms. The van der Waals surface area contributed by atoms with E-state index in [2.05, 4.69) is 28.4 Å². The van der Waals surface area contributed by atoms with Gasteiger partial charge in [-0.25, -0.2) is 4.39 Å². The molecule has 0 amide bonds. The number of aromatic nitrogens is 3. The van der Waals surface area contributed by atoms with Crippen LogP contribution in [0.2, 0.25) is 0 Å². The minimum Gasteiger partial charge on any atom is -0.508 e. The number of phenols is 1. The molecular weight excluding hydrogens is 393 g/mol. The third-order valence-electron chi connectivity index (χ3n) is 5.38. The molecule has 0 saturated carbocycles. The van der Waals surface area contributed by atoms with Crippen molar-refractivity contribution in [2.24, 2.45) is 0 Å². The molecule has 4 aromatic rings. The van der Waals surface area contributed by atoms with Crippen LogP contribution in [-0.4, -0.2) is 25.4 Å². The molecule has 3 aromatic heterocycles. The maximum Gasteiger partial charge on any atom is 0.165 e. The van der Waals surface area contributed by atoms with Crippen LogP contribution in [0.3, 0.4) is 0 Å². The SMILES string of the molecule is CC(C)c1c(C(=O)CCc2cncc(F)c2)c2ccc(O)cc2n1Cc1cccnc1. The van der Waals surface area contributed by atoms with Crippen LogP contribution >= 0.6 is 0 Å². The van der Waals surface area contributed by atoms with Crippen molar-refractivity contribution in [1.82, 2.24) is 14.5 Å².